The molecule has 9 heteroatoms. The second kappa shape index (κ2) is 14.6. The first-order valence-corrected chi connectivity index (χ1v) is 16.8. The van der Waals surface area contributed by atoms with Crippen LogP contribution in [0.2, 0.25) is 0 Å². The molecule has 4 rings (SSSR count). The lowest BCUT2D eigenvalue weighted by atomic mass is 10.1. The van der Waals surface area contributed by atoms with E-state index in [1.165, 1.54) is 17.0 Å². The van der Waals surface area contributed by atoms with Gasteiger partial charge in [-0.3, -0.25) is 13.9 Å². The summed E-state index contributed by atoms with van der Waals surface area (Å²) in [6.07, 6.45) is 0.343. The average Bonchev–Trinajstić information content (AvgIpc) is 3.01. The van der Waals surface area contributed by atoms with Gasteiger partial charge >= 0.3 is 0 Å². The predicted octanol–water partition coefficient (Wildman–Crippen LogP) is 7.01. The number of hydrogen-bond acceptors (Lipinski definition) is 5. The van der Waals surface area contributed by atoms with Gasteiger partial charge in [-0.25, -0.2) is 8.42 Å². The highest BCUT2D eigenvalue weighted by atomic mass is 32.2. The summed E-state index contributed by atoms with van der Waals surface area (Å²) >= 11 is 0. The molecule has 4 aromatic carbocycles. The molecular weight excluding hydrogens is 598 g/mol. The number of para-hydroxylation sites is 1. The van der Waals surface area contributed by atoms with Gasteiger partial charge in [0.15, 0.2) is 0 Å². The van der Waals surface area contributed by atoms with Crippen molar-refractivity contribution in [2.24, 2.45) is 0 Å². The summed E-state index contributed by atoms with van der Waals surface area (Å²) in [5, 5.41) is 2.99. The van der Waals surface area contributed by atoms with Crippen LogP contribution in [-0.4, -0.2) is 43.3 Å². The Bertz CT molecular complexity index is 1720. The molecule has 0 saturated carbocycles. The number of carbonyl (C=O) groups excluding carboxylic acids is 2. The minimum Gasteiger partial charge on any atom is -0.457 e. The van der Waals surface area contributed by atoms with Crippen molar-refractivity contribution in [3.63, 3.8) is 0 Å². The van der Waals surface area contributed by atoms with Gasteiger partial charge in [0.05, 0.1) is 10.6 Å². The van der Waals surface area contributed by atoms with E-state index in [9.17, 15) is 18.0 Å². The van der Waals surface area contributed by atoms with Crippen LogP contribution in [-0.2, 0) is 26.2 Å². The van der Waals surface area contributed by atoms with Gasteiger partial charge < -0.3 is 15.0 Å². The molecule has 0 aliphatic rings. The molecule has 242 valence electrons. The van der Waals surface area contributed by atoms with Crippen molar-refractivity contribution in [2.75, 3.05) is 10.8 Å². The smallest absolute Gasteiger partial charge is 0.264 e. The van der Waals surface area contributed by atoms with Crippen LogP contribution >= 0.6 is 0 Å². The van der Waals surface area contributed by atoms with Gasteiger partial charge in [0.25, 0.3) is 10.0 Å². The van der Waals surface area contributed by atoms with E-state index in [1.807, 2.05) is 96.1 Å². The zero-order chi connectivity index (χ0) is 33.5. The van der Waals surface area contributed by atoms with Crippen molar-refractivity contribution in [3.05, 3.63) is 120 Å². The maximum Gasteiger partial charge on any atom is 0.264 e. The third-order valence-electron chi connectivity index (χ3n) is 7.35. The summed E-state index contributed by atoms with van der Waals surface area (Å²) < 4.78 is 35.4. The van der Waals surface area contributed by atoms with Crippen LogP contribution in [0.4, 0.5) is 5.69 Å². The molecule has 0 aliphatic heterocycles. The minimum absolute atomic E-state index is 0.0538. The van der Waals surface area contributed by atoms with Crippen LogP contribution in [0.25, 0.3) is 0 Å². The lowest BCUT2D eigenvalue weighted by Crippen LogP contribution is -2.55. The maximum absolute atomic E-state index is 14.3. The average molecular weight is 642 g/mol. The van der Waals surface area contributed by atoms with Crippen LogP contribution in [0.15, 0.2) is 108 Å². The Labute approximate surface area is 273 Å². The van der Waals surface area contributed by atoms with Gasteiger partial charge in [-0.1, -0.05) is 72.6 Å². The highest BCUT2D eigenvalue weighted by molar-refractivity contribution is 7.92. The first-order valence-electron chi connectivity index (χ1n) is 15.4. The second-order valence-electron chi connectivity index (χ2n) is 12.4. The number of ether oxygens (including phenoxy) is 1. The van der Waals surface area contributed by atoms with E-state index in [2.05, 4.69) is 5.32 Å². The van der Waals surface area contributed by atoms with E-state index >= 15 is 0 Å². The molecule has 8 nitrogen and oxygen atoms in total. The molecule has 0 fully saturated rings. The summed E-state index contributed by atoms with van der Waals surface area (Å²) in [6.45, 7) is 11.0. The molecule has 0 spiro atoms. The fourth-order valence-corrected chi connectivity index (χ4v) is 6.35. The van der Waals surface area contributed by atoms with Gasteiger partial charge in [0.1, 0.15) is 24.1 Å². The number of anilines is 1. The van der Waals surface area contributed by atoms with E-state index < -0.39 is 34.1 Å². The van der Waals surface area contributed by atoms with Gasteiger partial charge in [-0.2, -0.15) is 0 Å². The Balaban J connectivity index is 1.73. The summed E-state index contributed by atoms with van der Waals surface area (Å²) in [6, 6.07) is 29.2. The highest BCUT2D eigenvalue weighted by Gasteiger charge is 2.34. The molecule has 0 heterocycles. The van der Waals surface area contributed by atoms with E-state index in [-0.39, 0.29) is 23.0 Å². The van der Waals surface area contributed by atoms with Crippen LogP contribution in [0.3, 0.4) is 0 Å². The van der Waals surface area contributed by atoms with E-state index in [0.29, 0.717) is 17.9 Å². The third kappa shape index (κ3) is 8.97. The molecule has 0 bridgehead atoms. The molecule has 0 radical (unpaired) electrons. The van der Waals surface area contributed by atoms with Crippen molar-refractivity contribution in [3.8, 4) is 11.5 Å². The summed E-state index contributed by atoms with van der Waals surface area (Å²) in [7, 11) is -4.19. The number of sulfonamides is 1. The molecule has 1 unspecified atom stereocenters. The first kappa shape index (κ1) is 34.2. The van der Waals surface area contributed by atoms with E-state index in [4.69, 9.17) is 4.74 Å². The van der Waals surface area contributed by atoms with Crippen LogP contribution < -0.4 is 14.4 Å². The molecule has 0 aliphatic carbocycles. The number of rotatable bonds is 12. The predicted molar refractivity (Wildman–Crippen MR) is 182 cm³/mol. The van der Waals surface area contributed by atoms with Crippen LogP contribution in [0.1, 0.15) is 50.8 Å². The van der Waals surface area contributed by atoms with Gasteiger partial charge in [-0.15, -0.1) is 0 Å². The van der Waals surface area contributed by atoms with E-state index in [0.717, 1.165) is 21.0 Å². The molecule has 0 saturated heterocycles. The fraction of sp³-hybridized carbons (Fsp3) is 0.297. The molecule has 0 aromatic heterocycles. The summed E-state index contributed by atoms with van der Waals surface area (Å²) in [4.78, 5) is 29.4. The number of nitrogens with one attached hydrogen (secondary N) is 1. The quantitative estimate of drug-likeness (QED) is 0.180. The SMILES string of the molecule is CCC(C(=O)NC(C)(C)C)N(Cc1ccc(C)cc1)C(=O)CN(c1ccc(Oc2ccccc2)cc1)S(=O)(=O)c1ccc(C)cc1. The minimum atomic E-state index is -4.19. The van der Waals surface area contributed by atoms with Crippen molar-refractivity contribution in [1.82, 2.24) is 10.2 Å². The Morgan fingerprint density at radius 3 is 1.87 bits per heavy atom. The number of nitrogens with zero attached hydrogens (tertiary/aromatic N) is 2. The van der Waals surface area contributed by atoms with Gasteiger partial charge in [0, 0.05) is 12.1 Å². The van der Waals surface area contributed by atoms with Crippen molar-refractivity contribution in [1.29, 1.82) is 0 Å². The summed E-state index contributed by atoms with van der Waals surface area (Å²) in [5.74, 6) is 0.350. The molecule has 1 atom stereocenters. The second-order valence-corrected chi connectivity index (χ2v) is 14.3. The van der Waals surface area contributed by atoms with Crippen molar-refractivity contribution >= 4 is 27.5 Å². The molecular formula is C37H43N3O5S. The summed E-state index contributed by atoms with van der Waals surface area (Å²) in [5.41, 5.74) is 2.57. The first-order chi connectivity index (χ1) is 21.8. The lowest BCUT2D eigenvalue weighted by Gasteiger charge is -2.34. The fourth-order valence-electron chi connectivity index (χ4n) is 4.93. The number of aryl methyl sites for hydroxylation is 2. The largest absolute Gasteiger partial charge is 0.457 e. The molecule has 4 aromatic rings. The highest BCUT2D eigenvalue weighted by Crippen LogP contribution is 2.29. The van der Waals surface area contributed by atoms with Crippen LogP contribution in [0.5, 0.6) is 11.5 Å². The number of hydrogen-bond donors (Lipinski definition) is 1. The third-order valence-corrected chi connectivity index (χ3v) is 9.14. The Kier molecular flexibility index (Phi) is 10.9. The Hall–Kier alpha value is -4.63. The van der Waals surface area contributed by atoms with Crippen molar-refractivity contribution < 1.29 is 22.7 Å². The number of carbonyl (C=O) groups is 2. The van der Waals surface area contributed by atoms with E-state index in [1.54, 1.807) is 36.4 Å². The van der Waals surface area contributed by atoms with Crippen LogP contribution in [0, 0.1) is 13.8 Å². The van der Waals surface area contributed by atoms with Crippen molar-refractivity contribution in [2.45, 2.75) is 71.0 Å². The zero-order valence-electron chi connectivity index (χ0n) is 27.4. The standard InChI is InChI=1S/C37H43N3O5S/c1-7-34(36(42)38-37(4,5)6)39(25-29-17-13-27(2)14-18-29)35(41)26-40(46(43,44)33-23-15-28(3)16-24-33)30-19-21-32(22-20-30)45-31-11-9-8-10-12-31/h8-24,34H,7,25-26H2,1-6H3,(H,38,42). The topological polar surface area (TPSA) is 96.0 Å². The lowest BCUT2D eigenvalue weighted by molar-refractivity contribution is -0.141. The van der Waals surface area contributed by atoms with Gasteiger partial charge in [0.2, 0.25) is 11.8 Å². The molecule has 1 N–H and O–H groups in total. The molecule has 46 heavy (non-hydrogen) atoms. The number of benzene rings is 4. The zero-order valence-corrected chi connectivity index (χ0v) is 28.2. The number of amides is 2. The molecule has 2 amide bonds. The Morgan fingerprint density at radius 1 is 0.783 bits per heavy atom. The van der Waals surface area contributed by atoms with Gasteiger partial charge in [-0.05, 0) is 95.1 Å². The monoisotopic (exact) mass is 641 g/mol. The maximum atomic E-state index is 14.3. The Morgan fingerprint density at radius 2 is 1.33 bits per heavy atom. The normalized spacial score (nSPS) is 12.2.